The van der Waals surface area contributed by atoms with E-state index in [1.165, 1.54) is 6.07 Å². The number of nitriles is 1. The summed E-state index contributed by atoms with van der Waals surface area (Å²) >= 11 is 0. The molecular formula is C18H15NO3. The SMILES string of the molecule is CCOc1ccc(/C=C(\C#N)c2ccccc2)cc1C(=O)O. The molecule has 0 aliphatic heterocycles. The minimum atomic E-state index is -1.06. The molecule has 0 fully saturated rings. The fourth-order valence-corrected chi connectivity index (χ4v) is 2.05. The smallest absolute Gasteiger partial charge is 0.339 e. The monoisotopic (exact) mass is 293 g/mol. The quantitative estimate of drug-likeness (QED) is 0.671. The first kappa shape index (κ1) is 15.3. The molecule has 0 unspecified atom stereocenters. The van der Waals surface area contributed by atoms with E-state index in [0.717, 1.165) is 5.56 Å². The van der Waals surface area contributed by atoms with Crippen molar-refractivity contribution in [3.8, 4) is 11.8 Å². The number of nitrogens with zero attached hydrogens (tertiary/aromatic N) is 1. The van der Waals surface area contributed by atoms with E-state index in [9.17, 15) is 15.2 Å². The Labute approximate surface area is 128 Å². The van der Waals surface area contributed by atoms with E-state index >= 15 is 0 Å². The molecule has 0 radical (unpaired) electrons. The average molecular weight is 293 g/mol. The molecule has 22 heavy (non-hydrogen) atoms. The molecule has 0 bridgehead atoms. The third-order valence-electron chi connectivity index (χ3n) is 3.05. The van der Waals surface area contributed by atoms with Gasteiger partial charge in [-0.25, -0.2) is 4.79 Å². The Morgan fingerprint density at radius 1 is 1.27 bits per heavy atom. The van der Waals surface area contributed by atoms with Crippen LogP contribution in [0.1, 0.15) is 28.4 Å². The van der Waals surface area contributed by atoms with Crippen LogP contribution in [0.3, 0.4) is 0 Å². The Kier molecular flexibility index (Phi) is 4.94. The van der Waals surface area contributed by atoms with Crippen molar-refractivity contribution in [2.24, 2.45) is 0 Å². The fraction of sp³-hybridized carbons (Fsp3) is 0.111. The zero-order valence-electron chi connectivity index (χ0n) is 12.1. The number of hydrogen-bond acceptors (Lipinski definition) is 3. The van der Waals surface area contributed by atoms with Gasteiger partial charge in [-0.3, -0.25) is 0 Å². The summed E-state index contributed by atoms with van der Waals surface area (Å²) in [7, 11) is 0. The average Bonchev–Trinajstić information content (AvgIpc) is 2.54. The molecule has 2 rings (SSSR count). The number of rotatable bonds is 5. The van der Waals surface area contributed by atoms with E-state index in [4.69, 9.17) is 4.74 Å². The molecule has 4 heteroatoms. The number of aromatic carboxylic acids is 1. The van der Waals surface area contributed by atoms with Crippen LogP contribution in [0.2, 0.25) is 0 Å². The van der Waals surface area contributed by atoms with Gasteiger partial charge in [0.15, 0.2) is 0 Å². The summed E-state index contributed by atoms with van der Waals surface area (Å²) < 4.78 is 5.30. The van der Waals surface area contributed by atoms with Gasteiger partial charge in [0.05, 0.1) is 18.2 Å². The Bertz CT molecular complexity index is 743. The highest BCUT2D eigenvalue weighted by Gasteiger charge is 2.12. The van der Waals surface area contributed by atoms with Crippen LogP contribution in [-0.2, 0) is 0 Å². The molecule has 0 saturated heterocycles. The number of carboxylic acid groups (broad SMARTS) is 1. The van der Waals surface area contributed by atoms with E-state index in [1.807, 2.05) is 30.3 Å². The van der Waals surface area contributed by atoms with Gasteiger partial charge in [0.1, 0.15) is 11.3 Å². The van der Waals surface area contributed by atoms with Crippen LogP contribution in [0.5, 0.6) is 5.75 Å². The molecule has 0 aromatic heterocycles. The topological polar surface area (TPSA) is 70.3 Å². The van der Waals surface area contributed by atoms with Crippen LogP contribution in [-0.4, -0.2) is 17.7 Å². The normalized spacial score (nSPS) is 10.8. The maximum absolute atomic E-state index is 11.3. The lowest BCUT2D eigenvalue weighted by atomic mass is 10.0. The van der Waals surface area contributed by atoms with Gasteiger partial charge in [-0.1, -0.05) is 36.4 Å². The zero-order chi connectivity index (χ0) is 15.9. The first-order valence-corrected chi connectivity index (χ1v) is 6.83. The van der Waals surface area contributed by atoms with Gasteiger partial charge in [-0.05, 0) is 36.3 Å². The predicted octanol–water partition coefficient (Wildman–Crippen LogP) is 3.85. The third kappa shape index (κ3) is 3.53. The van der Waals surface area contributed by atoms with Crippen LogP contribution in [0.4, 0.5) is 0 Å². The van der Waals surface area contributed by atoms with Crippen LogP contribution in [0.15, 0.2) is 48.5 Å². The lowest BCUT2D eigenvalue weighted by molar-refractivity contribution is 0.0692. The molecule has 1 N–H and O–H groups in total. The van der Waals surface area contributed by atoms with Gasteiger partial charge in [-0.15, -0.1) is 0 Å². The van der Waals surface area contributed by atoms with Crippen LogP contribution in [0, 0.1) is 11.3 Å². The van der Waals surface area contributed by atoms with Crippen molar-refractivity contribution in [3.05, 3.63) is 65.2 Å². The van der Waals surface area contributed by atoms with Crippen LogP contribution < -0.4 is 4.74 Å². The molecule has 0 atom stereocenters. The van der Waals surface area contributed by atoms with Gasteiger partial charge >= 0.3 is 5.97 Å². The van der Waals surface area contributed by atoms with Gasteiger partial charge in [0, 0.05) is 0 Å². The second-order valence-electron chi connectivity index (χ2n) is 4.53. The number of carbonyl (C=O) groups is 1. The van der Waals surface area contributed by atoms with Crippen molar-refractivity contribution in [2.45, 2.75) is 6.92 Å². The largest absolute Gasteiger partial charge is 0.493 e. The highest BCUT2D eigenvalue weighted by molar-refractivity contribution is 5.94. The number of ether oxygens (including phenoxy) is 1. The van der Waals surface area contributed by atoms with Crippen molar-refractivity contribution in [2.75, 3.05) is 6.61 Å². The van der Waals surface area contributed by atoms with E-state index in [1.54, 1.807) is 25.1 Å². The summed E-state index contributed by atoms with van der Waals surface area (Å²) in [6, 6.07) is 16.2. The van der Waals surface area contributed by atoms with E-state index in [-0.39, 0.29) is 5.56 Å². The van der Waals surface area contributed by atoms with Crippen molar-refractivity contribution < 1.29 is 14.6 Å². The molecule has 2 aromatic carbocycles. The molecule has 0 saturated carbocycles. The Hall–Kier alpha value is -3.06. The molecule has 0 spiro atoms. The van der Waals surface area contributed by atoms with Crippen molar-refractivity contribution in [1.29, 1.82) is 5.26 Å². The fourth-order valence-electron chi connectivity index (χ4n) is 2.05. The van der Waals surface area contributed by atoms with Crippen molar-refractivity contribution >= 4 is 17.6 Å². The summed E-state index contributed by atoms with van der Waals surface area (Å²) in [4.78, 5) is 11.3. The summed E-state index contributed by atoms with van der Waals surface area (Å²) in [6.07, 6.45) is 1.66. The maximum atomic E-state index is 11.3. The highest BCUT2D eigenvalue weighted by Crippen LogP contribution is 2.24. The number of carboxylic acids is 1. The van der Waals surface area contributed by atoms with Crippen LogP contribution in [0.25, 0.3) is 11.6 Å². The van der Waals surface area contributed by atoms with Gasteiger partial charge in [0.25, 0.3) is 0 Å². The highest BCUT2D eigenvalue weighted by atomic mass is 16.5. The third-order valence-corrected chi connectivity index (χ3v) is 3.05. The lowest BCUT2D eigenvalue weighted by Crippen LogP contribution is -2.03. The second-order valence-corrected chi connectivity index (χ2v) is 4.53. The van der Waals surface area contributed by atoms with Gasteiger partial charge in [0.2, 0.25) is 0 Å². The van der Waals surface area contributed by atoms with E-state index in [0.29, 0.717) is 23.5 Å². The maximum Gasteiger partial charge on any atom is 0.339 e. The molecular weight excluding hydrogens is 278 g/mol. The van der Waals surface area contributed by atoms with Crippen molar-refractivity contribution in [3.63, 3.8) is 0 Å². The first-order valence-electron chi connectivity index (χ1n) is 6.83. The minimum Gasteiger partial charge on any atom is -0.493 e. The summed E-state index contributed by atoms with van der Waals surface area (Å²) in [5.41, 5.74) is 1.99. The predicted molar refractivity (Wildman–Crippen MR) is 84.5 cm³/mol. The lowest BCUT2D eigenvalue weighted by Gasteiger charge is -2.08. The molecule has 0 aliphatic rings. The summed E-state index contributed by atoms with van der Waals surface area (Å²) in [5, 5.41) is 18.6. The standard InChI is InChI=1S/C18H15NO3/c1-2-22-17-9-8-13(11-16(17)18(20)21)10-15(12-19)14-6-4-3-5-7-14/h3-11H,2H2,1H3,(H,20,21)/b15-10+. The Morgan fingerprint density at radius 2 is 2.00 bits per heavy atom. The zero-order valence-corrected chi connectivity index (χ0v) is 12.1. The van der Waals surface area contributed by atoms with Crippen LogP contribution >= 0.6 is 0 Å². The number of hydrogen-bond donors (Lipinski definition) is 1. The van der Waals surface area contributed by atoms with E-state index < -0.39 is 5.97 Å². The Balaban J connectivity index is 2.44. The molecule has 4 nitrogen and oxygen atoms in total. The number of benzene rings is 2. The Morgan fingerprint density at radius 3 is 2.59 bits per heavy atom. The second kappa shape index (κ2) is 7.09. The molecule has 0 aliphatic carbocycles. The molecule has 0 heterocycles. The molecule has 0 amide bonds. The summed E-state index contributed by atoms with van der Waals surface area (Å²) in [6.45, 7) is 2.19. The minimum absolute atomic E-state index is 0.0842. The van der Waals surface area contributed by atoms with Gasteiger partial charge < -0.3 is 9.84 Å². The summed E-state index contributed by atoms with van der Waals surface area (Å²) in [5.74, 6) is -0.734. The molecule has 2 aromatic rings. The number of allylic oxidation sites excluding steroid dienone is 1. The van der Waals surface area contributed by atoms with Gasteiger partial charge in [-0.2, -0.15) is 5.26 Å². The molecule has 110 valence electrons. The van der Waals surface area contributed by atoms with E-state index in [2.05, 4.69) is 6.07 Å². The van der Waals surface area contributed by atoms with Crippen molar-refractivity contribution in [1.82, 2.24) is 0 Å². The first-order chi connectivity index (χ1) is 10.7.